The van der Waals surface area contributed by atoms with Crippen LogP contribution in [0.15, 0.2) is 0 Å². The van der Waals surface area contributed by atoms with Gasteiger partial charge in [0.05, 0.1) is 19.8 Å². The predicted octanol–water partition coefficient (Wildman–Crippen LogP) is 1.31. The van der Waals surface area contributed by atoms with Crippen molar-refractivity contribution in [1.29, 1.82) is 0 Å². The van der Waals surface area contributed by atoms with Gasteiger partial charge >= 0.3 is 0 Å². The number of hydrogen-bond acceptors (Lipinski definition) is 4. The highest BCUT2D eigenvalue weighted by Crippen LogP contribution is 1.97. The Morgan fingerprint density at radius 2 is 1.84 bits per heavy atom. The SMILES string of the molecule is CC(C)COCCOCCNC(=O)CCCCCN. The van der Waals surface area contributed by atoms with E-state index in [1.165, 1.54) is 0 Å². The molecule has 0 atom stereocenters. The number of nitrogens with two attached hydrogens (primary N) is 1. The van der Waals surface area contributed by atoms with Crippen LogP contribution in [0.25, 0.3) is 0 Å². The Kier molecular flexibility index (Phi) is 13.3. The fraction of sp³-hybridized carbons (Fsp3) is 0.929. The standard InChI is InChI=1S/C14H30N2O3/c1-13(2)12-19-11-10-18-9-8-16-14(17)6-4-3-5-7-15/h13H,3-12,15H2,1-2H3,(H,16,17). The Balaban J connectivity index is 3.14. The smallest absolute Gasteiger partial charge is 0.220 e. The number of carbonyl (C=O) groups is 1. The van der Waals surface area contributed by atoms with Gasteiger partial charge in [-0.25, -0.2) is 0 Å². The van der Waals surface area contributed by atoms with Gasteiger partial charge in [-0.05, 0) is 25.3 Å². The summed E-state index contributed by atoms with van der Waals surface area (Å²) in [5.74, 6) is 0.648. The molecule has 0 saturated heterocycles. The van der Waals surface area contributed by atoms with Crippen molar-refractivity contribution in [1.82, 2.24) is 5.32 Å². The molecular weight excluding hydrogens is 244 g/mol. The number of carbonyl (C=O) groups excluding carboxylic acids is 1. The minimum atomic E-state index is 0.0941. The van der Waals surface area contributed by atoms with Gasteiger partial charge in [-0.15, -0.1) is 0 Å². The maximum absolute atomic E-state index is 11.4. The Morgan fingerprint density at radius 3 is 2.53 bits per heavy atom. The number of ether oxygens (including phenoxy) is 2. The van der Waals surface area contributed by atoms with Crippen LogP contribution < -0.4 is 11.1 Å². The second-order valence-corrected chi connectivity index (χ2v) is 5.03. The van der Waals surface area contributed by atoms with Crippen LogP contribution in [-0.4, -0.2) is 45.4 Å². The summed E-state index contributed by atoms with van der Waals surface area (Å²) >= 11 is 0. The molecule has 0 aliphatic carbocycles. The third-order valence-electron chi connectivity index (χ3n) is 2.50. The van der Waals surface area contributed by atoms with E-state index in [2.05, 4.69) is 19.2 Å². The lowest BCUT2D eigenvalue weighted by Gasteiger charge is -2.08. The van der Waals surface area contributed by atoms with Crippen molar-refractivity contribution in [2.45, 2.75) is 39.5 Å². The second-order valence-electron chi connectivity index (χ2n) is 5.03. The van der Waals surface area contributed by atoms with Gasteiger partial charge in [0.25, 0.3) is 0 Å². The number of rotatable bonds is 13. The van der Waals surface area contributed by atoms with Gasteiger partial charge in [-0.2, -0.15) is 0 Å². The van der Waals surface area contributed by atoms with Crippen molar-refractivity contribution in [2.75, 3.05) is 39.5 Å². The first-order chi connectivity index (χ1) is 9.16. The topological polar surface area (TPSA) is 73.6 Å². The minimum Gasteiger partial charge on any atom is -0.379 e. The van der Waals surface area contributed by atoms with Crippen LogP contribution in [0.5, 0.6) is 0 Å². The molecule has 0 aliphatic heterocycles. The summed E-state index contributed by atoms with van der Waals surface area (Å²) in [6, 6.07) is 0. The first kappa shape index (κ1) is 18.4. The van der Waals surface area contributed by atoms with Gasteiger partial charge < -0.3 is 20.5 Å². The summed E-state index contributed by atoms with van der Waals surface area (Å²) in [4.78, 5) is 11.4. The van der Waals surface area contributed by atoms with Gasteiger partial charge in [0.2, 0.25) is 5.91 Å². The number of nitrogens with one attached hydrogen (secondary N) is 1. The molecule has 0 rings (SSSR count). The molecule has 3 N–H and O–H groups in total. The maximum atomic E-state index is 11.4. The maximum Gasteiger partial charge on any atom is 0.220 e. The minimum absolute atomic E-state index is 0.0941. The van der Waals surface area contributed by atoms with Gasteiger partial charge in [-0.3, -0.25) is 4.79 Å². The third kappa shape index (κ3) is 15.3. The zero-order chi connectivity index (χ0) is 14.3. The molecule has 0 aromatic heterocycles. The van der Waals surface area contributed by atoms with Crippen molar-refractivity contribution in [3.8, 4) is 0 Å². The summed E-state index contributed by atoms with van der Waals surface area (Å²) in [7, 11) is 0. The highest BCUT2D eigenvalue weighted by Gasteiger charge is 2.00. The van der Waals surface area contributed by atoms with Gasteiger partial charge in [0.15, 0.2) is 0 Å². The van der Waals surface area contributed by atoms with E-state index in [4.69, 9.17) is 15.2 Å². The normalized spacial score (nSPS) is 10.9. The number of unbranched alkanes of at least 4 members (excludes halogenated alkanes) is 2. The Labute approximate surface area is 117 Å². The van der Waals surface area contributed by atoms with Crippen molar-refractivity contribution < 1.29 is 14.3 Å². The molecule has 5 nitrogen and oxygen atoms in total. The quantitative estimate of drug-likeness (QED) is 0.497. The molecular formula is C14H30N2O3. The Hall–Kier alpha value is -0.650. The summed E-state index contributed by atoms with van der Waals surface area (Å²) in [5, 5.41) is 2.83. The van der Waals surface area contributed by atoms with E-state index in [0.29, 0.717) is 45.2 Å². The summed E-state index contributed by atoms with van der Waals surface area (Å²) in [6.07, 6.45) is 3.50. The molecule has 0 saturated carbocycles. The second kappa shape index (κ2) is 13.8. The van der Waals surface area contributed by atoms with E-state index in [9.17, 15) is 4.79 Å². The van der Waals surface area contributed by atoms with Crippen molar-refractivity contribution in [2.24, 2.45) is 11.7 Å². The van der Waals surface area contributed by atoms with Crippen molar-refractivity contribution >= 4 is 5.91 Å². The highest BCUT2D eigenvalue weighted by molar-refractivity contribution is 5.75. The van der Waals surface area contributed by atoms with E-state index >= 15 is 0 Å². The molecule has 0 bridgehead atoms. The van der Waals surface area contributed by atoms with E-state index in [1.807, 2.05) is 0 Å². The molecule has 0 fully saturated rings. The average molecular weight is 274 g/mol. The summed E-state index contributed by atoms with van der Waals surface area (Å²) in [5.41, 5.74) is 5.38. The number of hydrogen-bond donors (Lipinski definition) is 2. The summed E-state index contributed by atoms with van der Waals surface area (Å²) in [6.45, 7) is 8.01. The zero-order valence-corrected chi connectivity index (χ0v) is 12.5. The van der Waals surface area contributed by atoms with Crippen molar-refractivity contribution in [3.63, 3.8) is 0 Å². The predicted molar refractivity (Wildman–Crippen MR) is 77.0 cm³/mol. The lowest BCUT2D eigenvalue weighted by atomic mass is 10.2. The molecule has 114 valence electrons. The van der Waals surface area contributed by atoms with E-state index in [-0.39, 0.29) is 5.91 Å². The van der Waals surface area contributed by atoms with E-state index < -0.39 is 0 Å². The molecule has 5 heteroatoms. The molecule has 1 amide bonds. The third-order valence-corrected chi connectivity index (χ3v) is 2.50. The summed E-state index contributed by atoms with van der Waals surface area (Å²) < 4.78 is 10.7. The van der Waals surface area contributed by atoms with Crippen LogP contribution in [0.1, 0.15) is 39.5 Å². The van der Waals surface area contributed by atoms with Gasteiger partial charge in [-0.1, -0.05) is 20.3 Å². The van der Waals surface area contributed by atoms with E-state index in [1.54, 1.807) is 0 Å². The van der Waals surface area contributed by atoms with Gasteiger partial charge in [0.1, 0.15) is 0 Å². The molecule has 0 heterocycles. The van der Waals surface area contributed by atoms with Crippen LogP contribution in [0, 0.1) is 5.92 Å². The molecule has 0 aromatic rings. The van der Waals surface area contributed by atoms with Crippen molar-refractivity contribution in [3.05, 3.63) is 0 Å². The van der Waals surface area contributed by atoms with Crippen LogP contribution in [0.3, 0.4) is 0 Å². The average Bonchev–Trinajstić information content (AvgIpc) is 2.37. The molecule has 0 spiro atoms. The van der Waals surface area contributed by atoms with Crippen LogP contribution in [0.4, 0.5) is 0 Å². The lowest BCUT2D eigenvalue weighted by molar-refractivity contribution is -0.121. The zero-order valence-electron chi connectivity index (χ0n) is 12.5. The largest absolute Gasteiger partial charge is 0.379 e. The van der Waals surface area contributed by atoms with Crippen LogP contribution in [-0.2, 0) is 14.3 Å². The fourth-order valence-corrected chi connectivity index (χ4v) is 1.50. The van der Waals surface area contributed by atoms with Gasteiger partial charge in [0, 0.05) is 19.6 Å². The molecule has 0 aliphatic rings. The first-order valence-electron chi connectivity index (χ1n) is 7.29. The molecule has 0 aromatic carbocycles. The number of amides is 1. The fourth-order valence-electron chi connectivity index (χ4n) is 1.50. The van der Waals surface area contributed by atoms with Crippen LogP contribution >= 0.6 is 0 Å². The lowest BCUT2D eigenvalue weighted by Crippen LogP contribution is -2.27. The van der Waals surface area contributed by atoms with Crippen LogP contribution in [0.2, 0.25) is 0 Å². The molecule has 0 radical (unpaired) electrons. The monoisotopic (exact) mass is 274 g/mol. The first-order valence-corrected chi connectivity index (χ1v) is 7.29. The Morgan fingerprint density at radius 1 is 1.11 bits per heavy atom. The van der Waals surface area contributed by atoms with E-state index in [0.717, 1.165) is 25.9 Å². The molecule has 19 heavy (non-hydrogen) atoms. The molecule has 0 unspecified atom stereocenters. The Bertz CT molecular complexity index is 211. The highest BCUT2D eigenvalue weighted by atomic mass is 16.5.